The van der Waals surface area contributed by atoms with Crippen LogP contribution in [0.1, 0.15) is 23.7 Å². The first-order valence-electron chi connectivity index (χ1n) is 6.67. The molecule has 2 saturated heterocycles. The minimum absolute atomic E-state index is 0.00464. The van der Waals surface area contributed by atoms with E-state index >= 15 is 0 Å². The molecule has 3 unspecified atom stereocenters. The van der Waals surface area contributed by atoms with Gasteiger partial charge in [0.05, 0.1) is 5.56 Å². The summed E-state index contributed by atoms with van der Waals surface area (Å²) in [5, 5.41) is 3.19. The van der Waals surface area contributed by atoms with E-state index in [2.05, 4.69) is 5.32 Å². The van der Waals surface area contributed by atoms with Crippen molar-refractivity contribution in [3.05, 3.63) is 35.1 Å². The zero-order valence-electron chi connectivity index (χ0n) is 11.0. The van der Waals surface area contributed by atoms with E-state index in [4.69, 9.17) is 0 Å². The third-order valence-electron chi connectivity index (χ3n) is 4.28. The first-order valence-corrected chi connectivity index (χ1v) is 6.67. The Morgan fingerprint density at radius 3 is 2.75 bits per heavy atom. The van der Waals surface area contributed by atoms with Crippen molar-refractivity contribution >= 4 is 5.91 Å². The van der Waals surface area contributed by atoms with Gasteiger partial charge >= 0.3 is 0 Å². The highest BCUT2D eigenvalue weighted by molar-refractivity contribution is 5.95. The molecule has 0 spiro atoms. The third kappa shape index (κ3) is 1.90. The number of amides is 1. The Morgan fingerprint density at radius 1 is 1.25 bits per heavy atom. The number of hydrogen-bond acceptors (Lipinski definition) is 2. The lowest BCUT2D eigenvalue weighted by Crippen LogP contribution is -2.43. The molecule has 6 heteroatoms. The molecule has 3 atom stereocenters. The van der Waals surface area contributed by atoms with Crippen LogP contribution in [0.2, 0.25) is 0 Å². The number of nitrogens with zero attached hydrogens (tertiary/aromatic N) is 1. The smallest absolute Gasteiger partial charge is 0.257 e. The molecule has 0 aromatic heterocycles. The van der Waals surface area contributed by atoms with Gasteiger partial charge in [0.15, 0.2) is 17.5 Å². The van der Waals surface area contributed by atoms with Crippen LogP contribution < -0.4 is 5.32 Å². The fourth-order valence-corrected chi connectivity index (χ4v) is 3.34. The van der Waals surface area contributed by atoms with Crippen LogP contribution in [0.15, 0.2) is 12.1 Å². The highest BCUT2D eigenvalue weighted by atomic mass is 19.2. The molecule has 1 N–H and O–H groups in total. The van der Waals surface area contributed by atoms with Gasteiger partial charge in [0, 0.05) is 25.2 Å². The molecular formula is C14H15F3N2O. The summed E-state index contributed by atoms with van der Waals surface area (Å²) in [5.41, 5.74) is -0.400. The maximum atomic E-state index is 13.8. The lowest BCUT2D eigenvalue weighted by Gasteiger charge is -2.27. The average Bonchev–Trinajstić information content (AvgIpc) is 2.95. The number of carbonyl (C=O) groups excluding carboxylic acids is 1. The van der Waals surface area contributed by atoms with Gasteiger partial charge in [-0.25, -0.2) is 13.2 Å². The van der Waals surface area contributed by atoms with Crippen molar-refractivity contribution in [1.29, 1.82) is 0 Å². The molecule has 2 fully saturated rings. The van der Waals surface area contributed by atoms with Gasteiger partial charge in [-0.15, -0.1) is 0 Å². The van der Waals surface area contributed by atoms with E-state index in [-0.39, 0.29) is 12.1 Å². The Bertz CT molecular complexity index is 564. The number of rotatable bonds is 1. The maximum absolute atomic E-state index is 13.8. The largest absolute Gasteiger partial charge is 0.331 e. The summed E-state index contributed by atoms with van der Waals surface area (Å²) in [6.45, 7) is 3.39. The molecule has 2 heterocycles. The number of hydrogen-bond donors (Lipinski definition) is 1. The van der Waals surface area contributed by atoms with Gasteiger partial charge in [-0.2, -0.15) is 0 Å². The number of halogens is 3. The number of nitrogens with one attached hydrogen (secondary N) is 1. The zero-order chi connectivity index (χ0) is 14.4. The normalized spacial score (nSPS) is 28.8. The van der Waals surface area contributed by atoms with Crippen molar-refractivity contribution in [2.75, 3.05) is 13.1 Å². The number of fused-ring (bicyclic) bond motifs is 1. The van der Waals surface area contributed by atoms with E-state index in [9.17, 15) is 18.0 Å². The van der Waals surface area contributed by atoms with Crippen LogP contribution >= 0.6 is 0 Å². The Labute approximate surface area is 114 Å². The number of likely N-dealkylation sites (tertiary alicyclic amines) is 1. The zero-order valence-corrected chi connectivity index (χ0v) is 11.0. The fourth-order valence-electron chi connectivity index (χ4n) is 3.34. The van der Waals surface area contributed by atoms with E-state index in [1.807, 2.05) is 6.92 Å². The molecule has 1 amide bonds. The van der Waals surface area contributed by atoms with Gasteiger partial charge in [0.2, 0.25) is 0 Å². The van der Waals surface area contributed by atoms with Crippen LogP contribution in [-0.4, -0.2) is 36.0 Å². The molecule has 108 valence electrons. The van der Waals surface area contributed by atoms with Gasteiger partial charge < -0.3 is 10.2 Å². The van der Waals surface area contributed by atoms with Crippen molar-refractivity contribution in [3.63, 3.8) is 0 Å². The summed E-state index contributed by atoms with van der Waals surface area (Å²) in [6.07, 6.45) is 0.842. The minimum Gasteiger partial charge on any atom is -0.331 e. The SMILES string of the molecule is CC1CC2CNCC2N1C(=O)c1ccc(F)c(F)c1F. The van der Waals surface area contributed by atoms with E-state index in [1.165, 1.54) is 0 Å². The second kappa shape index (κ2) is 4.77. The highest BCUT2D eigenvalue weighted by Crippen LogP contribution is 2.33. The summed E-state index contributed by atoms with van der Waals surface area (Å²) in [4.78, 5) is 14.1. The first kappa shape index (κ1) is 13.4. The quantitative estimate of drug-likeness (QED) is 0.799. The van der Waals surface area contributed by atoms with E-state index in [0.717, 1.165) is 25.1 Å². The van der Waals surface area contributed by atoms with Crippen LogP contribution in [0.5, 0.6) is 0 Å². The minimum atomic E-state index is -1.59. The van der Waals surface area contributed by atoms with Crippen LogP contribution in [-0.2, 0) is 0 Å². The average molecular weight is 284 g/mol. The Kier molecular flexibility index (Phi) is 3.20. The van der Waals surface area contributed by atoms with Crippen LogP contribution in [0.25, 0.3) is 0 Å². The van der Waals surface area contributed by atoms with Crippen LogP contribution in [0.3, 0.4) is 0 Å². The first-order chi connectivity index (χ1) is 9.50. The van der Waals surface area contributed by atoms with Crippen molar-refractivity contribution in [3.8, 4) is 0 Å². The molecule has 0 bridgehead atoms. The molecule has 0 aliphatic carbocycles. The highest BCUT2D eigenvalue weighted by Gasteiger charge is 2.44. The molecule has 3 nitrogen and oxygen atoms in total. The molecule has 1 aromatic rings. The molecule has 3 rings (SSSR count). The van der Waals surface area contributed by atoms with Gasteiger partial charge in [-0.3, -0.25) is 4.79 Å². The number of carbonyl (C=O) groups is 1. The Hall–Kier alpha value is -1.56. The molecule has 0 radical (unpaired) electrons. The lowest BCUT2D eigenvalue weighted by atomic mass is 10.0. The summed E-state index contributed by atoms with van der Waals surface area (Å²) in [6, 6.07) is 1.78. The second-order valence-corrected chi connectivity index (χ2v) is 5.51. The molecule has 20 heavy (non-hydrogen) atoms. The topological polar surface area (TPSA) is 32.3 Å². The molecule has 2 aliphatic rings. The van der Waals surface area contributed by atoms with Gasteiger partial charge in [-0.05, 0) is 31.4 Å². The van der Waals surface area contributed by atoms with Crippen molar-refractivity contribution in [2.24, 2.45) is 5.92 Å². The van der Waals surface area contributed by atoms with E-state index in [0.29, 0.717) is 12.5 Å². The molecule has 1 aromatic carbocycles. The lowest BCUT2D eigenvalue weighted by molar-refractivity contribution is 0.0676. The maximum Gasteiger partial charge on any atom is 0.257 e. The standard InChI is InChI=1S/C14H15F3N2O/c1-7-4-8-5-18-6-11(8)19(7)14(20)9-2-3-10(15)13(17)12(9)16/h2-3,7-8,11,18H,4-6H2,1H3. The Morgan fingerprint density at radius 2 is 2.00 bits per heavy atom. The van der Waals surface area contributed by atoms with Crippen molar-refractivity contribution in [1.82, 2.24) is 10.2 Å². The van der Waals surface area contributed by atoms with Crippen LogP contribution in [0, 0.1) is 23.4 Å². The van der Waals surface area contributed by atoms with E-state index in [1.54, 1.807) is 4.90 Å². The van der Waals surface area contributed by atoms with Gasteiger partial charge in [0.1, 0.15) is 0 Å². The van der Waals surface area contributed by atoms with Crippen molar-refractivity contribution in [2.45, 2.75) is 25.4 Å². The summed E-state index contributed by atoms with van der Waals surface area (Å²) in [7, 11) is 0. The monoisotopic (exact) mass is 284 g/mol. The predicted molar refractivity (Wildman–Crippen MR) is 66.7 cm³/mol. The Balaban J connectivity index is 1.95. The van der Waals surface area contributed by atoms with Crippen molar-refractivity contribution < 1.29 is 18.0 Å². The third-order valence-corrected chi connectivity index (χ3v) is 4.28. The van der Waals surface area contributed by atoms with E-state index < -0.39 is 28.9 Å². The number of benzene rings is 1. The van der Waals surface area contributed by atoms with Gasteiger partial charge in [0.25, 0.3) is 5.91 Å². The molecular weight excluding hydrogens is 269 g/mol. The van der Waals surface area contributed by atoms with Gasteiger partial charge in [-0.1, -0.05) is 0 Å². The summed E-state index contributed by atoms with van der Waals surface area (Å²) in [5.74, 6) is -4.50. The predicted octanol–water partition coefficient (Wildman–Crippen LogP) is 1.93. The summed E-state index contributed by atoms with van der Waals surface area (Å²) < 4.78 is 40.0. The second-order valence-electron chi connectivity index (χ2n) is 5.51. The summed E-state index contributed by atoms with van der Waals surface area (Å²) >= 11 is 0. The molecule has 2 aliphatic heterocycles. The fraction of sp³-hybridized carbons (Fsp3) is 0.500. The van der Waals surface area contributed by atoms with Crippen LogP contribution in [0.4, 0.5) is 13.2 Å². The molecule has 0 saturated carbocycles.